The van der Waals surface area contributed by atoms with Gasteiger partial charge in [0.1, 0.15) is 23.0 Å². The molecule has 0 amide bonds. The van der Waals surface area contributed by atoms with E-state index in [0.29, 0.717) is 0 Å². The molecule has 0 fully saturated rings. The molecular formula is C58H34B2N4O2. The van der Waals surface area contributed by atoms with Crippen molar-refractivity contribution in [3.05, 3.63) is 206 Å². The number of benzene rings is 10. The monoisotopic (exact) mass is 840 g/mol. The zero-order chi connectivity index (χ0) is 42.8. The second-order valence-electron chi connectivity index (χ2n) is 17.9. The van der Waals surface area contributed by atoms with Crippen molar-refractivity contribution < 1.29 is 9.47 Å². The summed E-state index contributed by atoms with van der Waals surface area (Å²) in [7, 11) is 0. The van der Waals surface area contributed by atoms with E-state index in [9.17, 15) is 0 Å². The molecular weight excluding hydrogens is 806 g/mol. The molecule has 0 N–H and O–H groups in total. The highest BCUT2D eigenvalue weighted by Crippen LogP contribution is 2.55. The Morgan fingerprint density at radius 1 is 0.258 bits per heavy atom. The van der Waals surface area contributed by atoms with Crippen LogP contribution in [0.25, 0.3) is 10.8 Å². The third kappa shape index (κ3) is 4.29. The highest BCUT2D eigenvalue weighted by molar-refractivity contribution is 7.03. The molecule has 0 bridgehead atoms. The number of anilines is 12. The third-order valence-electron chi connectivity index (χ3n) is 14.7. The van der Waals surface area contributed by atoms with Gasteiger partial charge in [0.2, 0.25) is 0 Å². The van der Waals surface area contributed by atoms with Crippen LogP contribution in [-0.2, 0) is 0 Å². The second kappa shape index (κ2) is 12.6. The van der Waals surface area contributed by atoms with Gasteiger partial charge in [0.15, 0.2) is 0 Å². The molecule has 10 aromatic carbocycles. The molecule has 0 radical (unpaired) electrons. The summed E-state index contributed by atoms with van der Waals surface area (Å²) >= 11 is 0. The van der Waals surface area contributed by atoms with Crippen molar-refractivity contribution in [2.24, 2.45) is 0 Å². The van der Waals surface area contributed by atoms with Gasteiger partial charge in [0.05, 0.1) is 11.4 Å². The minimum absolute atomic E-state index is 0.0714. The van der Waals surface area contributed by atoms with E-state index in [1.165, 1.54) is 44.2 Å². The maximum atomic E-state index is 7.36. The zero-order valence-electron chi connectivity index (χ0n) is 35.4. The fourth-order valence-electron chi connectivity index (χ4n) is 12.4. The van der Waals surface area contributed by atoms with E-state index in [1.54, 1.807) is 0 Å². The predicted molar refractivity (Wildman–Crippen MR) is 272 cm³/mol. The Kier molecular flexibility index (Phi) is 6.62. The summed E-state index contributed by atoms with van der Waals surface area (Å²) in [6.45, 7) is -0.143. The fourth-order valence-corrected chi connectivity index (χ4v) is 12.4. The van der Waals surface area contributed by atoms with Crippen molar-refractivity contribution >= 4 is 125 Å². The Morgan fingerprint density at radius 2 is 0.561 bits per heavy atom. The Hall–Kier alpha value is -8.61. The lowest BCUT2D eigenvalue weighted by Gasteiger charge is -2.48. The highest BCUT2D eigenvalue weighted by Gasteiger charge is 2.52. The van der Waals surface area contributed by atoms with Crippen LogP contribution in [0.4, 0.5) is 68.2 Å². The molecule has 0 aliphatic carbocycles. The molecule has 304 valence electrons. The summed E-state index contributed by atoms with van der Waals surface area (Å²) in [5.74, 6) is 3.53. The van der Waals surface area contributed by atoms with Gasteiger partial charge in [-0.1, -0.05) is 97.1 Å². The molecule has 66 heavy (non-hydrogen) atoms. The van der Waals surface area contributed by atoms with Gasteiger partial charge in [-0.05, 0) is 142 Å². The van der Waals surface area contributed by atoms with Gasteiger partial charge < -0.3 is 29.1 Å². The van der Waals surface area contributed by atoms with Gasteiger partial charge in [0, 0.05) is 67.6 Å². The second-order valence-corrected chi connectivity index (χ2v) is 17.9. The summed E-state index contributed by atoms with van der Waals surface area (Å²) in [5, 5.41) is 2.22. The Bertz CT molecular complexity index is 3510. The molecule has 8 heteroatoms. The molecule has 6 aliphatic heterocycles. The predicted octanol–water partition coefficient (Wildman–Crippen LogP) is 11.2. The van der Waals surface area contributed by atoms with E-state index >= 15 is 0 Å². The SMILES string of the molecule is c1ccc(N2c3cccc4c3B3c5c2cccc5N(c2ccccc2)c2c3c(cc3c5c6c(cc23)Oc2cccc3c2B6c2c(cccc2N5c2ccccc2)N3c2ccccc2)O4)cc1. The van der Waals surface area contributed by atoms with Crippen LogP contribution >= 0.6 is 0 Å². The highest BCUT2D eigenvalue weighted by atomic mass is 16.5. The number of nitrogens with zero attached hydrogens (tertiary/aromatic N) is 4. The van der Waals surface area contributed by atoms with Gasteiger partial charge in [-0.3, -0.25) is 0 Å². The molecule has 0 unspecified atom stereocenters. The van der Waals surface area contributed by atoms with Gasteiger partial charge in [-0.15, -0.1) is 0 Å². The summed E-state index contributed by atoms with van der Waals surface area (Å²) < 4.78 is 14.7. The first-order chi connectivity index (χ1) is 32.8. The number of ether oxygens (including phenoxy) is 2. The van der Waals surface area contributed by atoms with E-state index in [4.69, 9.17) is 9.47 Å². The maximum Gasteiger partial charge on any atom is 0.261 e. The number of para-hydroxylation sites is 4. The molecule has 16 rings (SSSR count). The summed E-state index contributed by atoms with van der Waals surface area (Å²) in [6, 6.07) is 74.7. The van der Waals surface area contributed by atoms with Crippen LogP contribution < -0.4 is 61.9 Å². The minimum Gasteiger partial charge on any atom is -0.458 e. The van der Waals surface area contributed by atoms with Gasteiger partial charge in [0.25, 0.3) is 13.4 Å². The number of rotatable bonds is 4. The summed E-state index contributed by atoms with van der Waals surface area (Å²) in [5.41, 5.74) is 20.8. The smallest absolute Gasteiger partial charge is 0.261 e. The lowest BCUT2D eigenvalue weighted by Crippen LogP contribution is -2.64. The van der Waals surface area contributed by atoms with Crippen molar-refractivity contribution in [1.82, 2.24) is 0 Å². The van der Waals surface area contributed by atoms with Crippen molar-refractivity contribution in [3.8, 4) is 23.0 Å². The maximum absolute atomic E-state index is 7.36. The Balaban J connectivity index is 1.05. The Labute approximate surface area is 381 Å². The first kappa shape index (κ1) is 34.8. The normalized spacial score (nSPS) is 14.4. The molecule has 6 aliphatic rings. The van der Waals surface area contributed by atoms with Gasteiger partial charge in [-0.25, -0.2) is 0 Å². The average molecular weight is 841 g/mol. The van der Waals surface area contributed by atoms with E-state index in [1.807, 2.05) is 0 Å². The average Bonchev–Trinajstić information content (AvgIpc) is 3.37. The van der Waals surface area contributed by atoms with Crippen molar-refractivity contribution in [3.63, 3.8) is 0 Å². The molecule has 0 atom stereocenters. The summed E-state index contributed by atoms with van der Waals surface area (Å²) in [6.07, 6.45) is 0. The van der Waals surface area contributed by atoms with E-state index in [0.717, 1.165) is 90.6 Å². The van der Waals surface area contributed by atoms with Crippen molar-refractivity contribution in [2.45, 2.75) is 0 Å². The zero-order valence-corrected chi connectivity index (χ0v) is 35.4. The van der Waals surface area contributed by atoms with Crippen molar-refractivity contribution in [2.75, 3.05) is 19.6 Å². The molecule has 0 saturated heterocycles. The molecule has 0 aromatic heterocycles. The first-order valence-electron chi connectivity index (χ1n) is 22.8. The third-order valence-corrected chi connectivity index (χ3v) is 14.7. The number of hydrogen-bond acceptors (Lipinski definition) is 6. The van der Waals surface area contributed by atoms with Crippen LogP contribution in [0, 0.1) is 0 Å². The van der Waals surface area contributed by atoms with Gasteiger partial charge in [-0.2, -0.15) is 0 Å². The topological polar surface area (TPSA) is 31.4 Å². The molecule has 10 aromatic rings. The van der Waals surface area contributed by atoms with Crippen LogP contribution in [0.2, 0.25) is 0 Å². The molecule has 0 spiro atoms. The van der Waals surface area contributed by atoms with Gasteiger partial charge >= 0.3 is 0 Å². The lowest BCUT2D eigenvalue weighted by molar-refractivity contribution is 0.486. The fraction of sp³-hybridized carbons (Fsp3) is 0. The molecule has 6 heterocycles. The van der Waals surface area contributed by atoms with E-state index in [2.05, 4.69) is 226 Å². The summed E-state index contributed by atoms with van der Waals surface area (Å²) in [4.78, 5) is 9.83. The lowest BCUT2D eigenvalue weighted by atomic mass is 9.31. The molecule has 6 nitrogen and oxygen atoms in total. The van der Waals surface area contributed by atoms with E-state index in [-0.39, 0.29) is 13.4 Å². The van der Waals surface area contributed by atoms with Crippen LogP contribution in [-0.4, -0.2) is 13.4 Å². The van der Waals surface area contributed by atoms with Crippen LogP contribution in [0.3, 0.4) is 0 Å². The first-order valence-corrected chi connectivity index (χ1v) is 22.8. The van der Waals surface area contributed by atoms with Crippen LogP contribution in [0.1, 0.15) is 0 Å². The number of fused-ring (bicyclic) bond motifs is 3. The van der Waals surface area contributed by atoms with Crippen molar-refractivity contribution in [1.29, 1.82) is 0 Å². The largest absolute Gasteiger partial charge is 0.458 e. The standard InChI is InChI=1S/C58H34B2N4O2/c1-5-17-35(18-6-1)61-41-25-13-27-43-51(41)59-53-45(61)29-15-31-47(53)65-49-33-40-39(57(55(49)59)63(43)37-21-9-3-10-22-37)34-50-56-58(40)64(38-23-11-4-12-24-38)44-28-14-26-42-52(44)60(56)54-46(30-16-32-48(54)66-50)62(42)36-19-7-2-8-20-36/h1-34H. The molecule has 0 saturated carbocycles. The van der Waals surface area contributed by atoms with Crippen LogP contribution in [0.5, 0.6) is 23.0 Å². The Morgan fingerprint density at radius 3 is 0.924 bits per heavy atom. The quantitative estimate of drug-likeness (QED) is 0.164. The van der Waals surface area contributed by atoms with Crippen LogP contribution in [0.15, 0.2) is 206 Å². The minimum atomic E-state index is -0.0714. The number of hydrogen-bond donors (Lipinski definition) is 0. The van der Waals surface area contributed by atoms with E-state index < -0.39 is 0 Å².